The van der Waals surface area contributed by atoms with Crippen LogP contribution >= 0.6 is 0 Å². The molecule has 6 heteroatoms. The van der Waals surface area contributed by atoms with Crippen molar-refractivity contribution in [3.8, 4) is 0 Å². The van der Waals surface area contributed by atoms with Gasteiger partial charge in [0, 0.05) is 19.3 Å². The van der Waals surface area contributed by atoms with Crippen LogP contribution < -0.4 is 4.90 Å². The molecule has 1 spiro atoms. The molecule has 3 nitrogen and oxygen atoms in total. The number of alkyl halides is 3. The van der Waals surface area contributed by atoms with Crippen LogP contribution in [0.1, 0.15) is 45.1 Å². The summed E-state index contributed by atoms with van der Waals surface area (Å²) in [6.07, 6.45) is 0.872. The van der Waals surface area contributed by atoms with Crippen LogP contribution in [-0.2, 0) is 10.9 Å². The van der Waals surface area contributed by atoms with Gasteiger partial charge in [-0.15, -0.1) is 0 Å². The Hall–Kier alpha value is -1.30. The van der Waals surface area contributed by atoms with E-state index in [4.69, 9.17) is 4.74 Å². The van der Waals surface area contributed by atoms with Crippen molar-refractivity contribution in [3.05, 3.63) is 23.9 Å². The second kappa shape index (κ2) is 5.11. The third-order valence-corrected chi connectivity index (χ3v) is 4.46. The second-order valence-corrected chi connectivity index (χ2v) is 7.01. The van der Waals surface area contributed by atoms with Gasteiger partial charge in [0.25, 0.3) is 0 Å². The van der Waals surface area contributed by atoms with Crippen molar-refractivity contribution in [1.29, 1.82) is 0 Å². The highest BCUT2D eigenvalue weighted by Gasteiger charge is 2.46. The fourth-order valence-corrected chi connectivity index (χ4v) is 3.70. The molecule has 3 rings (SSSR count). The molecule has 0 radical (unpaired) electrons. The number of nitrogens with zero attached hydrogens (tertiary/aromatic N) is 2. The van der Waals surface area contributed by atoms with Crippen molar-refractivity contribution < 1.29 is 17.9 Å². The predicted molar refractivity (Wildman–Crippen MR) is 77.8 cm³/mol. The summed E-state index contributed by atoms with van der Waals surface area (Å²) < 4.78 is 44.3. The summed E-state index contributed by atoms with van der Waals surface area (Å²) in [5.74, 6) is 0.593. The van der Waals surface area contributed by atoms with Crippen molar-refractivity contribution in [2.45, 2.75) is 56.9 Å². The van der Waals surface area contributed by atoms with Crippen LogP contribution in [0.5, 0.6) is 0 Å². The van der Waals surface area contributed by atoms with Gasteiger partial charge < -0.3 is 9.64 Å². The number of pyridine rings is 1. The lowest BCUT2D eigenvalue weighted by Gasteiger charge is -2.49. The third-order valence-electron chi connectivity index (χ3n) is 4.46. The van der Waals surface area contributed by atoms with E-state index in [1.54, 1.807) is 0 Å². The molecule has 0 amide bonds. The van der Waals surface area contributed by atoms with E-state index in [9.17, 15) is 13.2 Å². The zero-order valence-corrected chi connectivity index (χ0v) is 12.9. The third kappa shape index (κ3) is 3.07. The minimum atomic E-state index is -4.34. The van der Waals surface area contributed by atoms with E-state index in [0.29, 0.717) is 18.9 Å². The van der Waals surface area contributed by atoms with Crippen LogP contribution in [-0.4, -0.2) is 29.3 Å². The Morgan fingerprint density at radius 2 is 1.82 bits per heavy atom. The minimum absolute atomic E-state index is 0.174. The highest BCUT2D eigenvalue weighted by Crippen LogP contribution is 2.41. The van der Waals surface area contributed by atoms with E-state index in [1.807, 2.05) is 13.8 Å². The summed E-state index contributed by atoms with van der Waals surface area (Å²) in [5.41, 5.74) is -1.21. The number of halogens is 3. The molecule has 0 N–H and O–H groups in total. The number of aromatic nitrogens is 1. The molecule has 1 saturated carbocycles. The first kappa shape index (κ1) is 15.6. The van der Waals surface area contributed by atoms with E-state index in [1.165, 1.54) is 6.07 Å². The standard InChI is InChI=1S/C16H21F3N2O/c1-14(2)10-21(11-15(22-14)7-3-4-8-15)13-6-5-12(9-20-13)16(17,18)19/h5-6,9H,3-4,7-8,10-11H2,1-2H3. The van der Waals surface area contributed by atoms with Gasteiger partial charge in [-0.1, -0.05) is 12.8 Å². The molecule has 0 unspecified atom stereocenters. The van der Waals surface area contributed by atoms with Crippen molar-refractivity contribution in [3.63, 3.8) is 0 Å². The maximum Gasteiger partial charge on any atom is 0.417 e. The largest absolute Gasteiger partial charge is 0.417 e. The number of ether oxygens (including phenoxy) is 1. The normalized spacial score (nSPS) is 24.0. The highest BCUT2D eigenvalue weighted by atomic mass is 19.4. The van der Waals surface area contributed by atoms with E-state index < -0.39 is 11.7 Å². The Labute approximate surface area is 128 Å². The number of anilines is 1. The van der Waals surface area contributed by atoms with Gasteiger partial charge in [-0.05, 0) is 38.8 Å². The maximum atomic E-state index is 12.7. The average Bonchev–Trinajstić information content (AvgIpc) is 2.83. The van der Waals surface area contributed by atoms with Crippen LogP contribution in [0.25, 0.3) is 0 Å². The van der Waals surface area contributed by atoms with Crippen molar-refractivity contribution in [1.82, 2.24) is 4.98 Å². The molecule has 1 aromatic rings. The minimum Gasteiger partial charge on any atom is -0.365 e. The smallest absolute Gasteiger partial charge is 0.365 e. The number of hydrogen-bond donors (Lipinski definition) is 0. The molecule has 2 heterocycles. The van der Waals surface area contributed by atoms with E-state index >= 15 is 0 Å². The molecule has 0 bridgehead atoms. The van der Waals surface area contributed by atoms with Gasteiger partial charge in [0.15, 0.2) is 0 Å². The van der Waals surface area contributed by atoms with Crippen LogP contribution in [0.15, 0.2) is 18.3 Å². The van der Waals surface area contributed by atoms with Gasteiger partial charge in [0.1, 0.15) is 5.82 Å². The molecule has 2 aliphatic rings. The molecule has 0 atom stereocenters. The molecule has 22 heavy (non-hydrogen) atoms. The lowest BCUT2D eigenvalue weighted by Crippen LogP contribution is -2.59. The molecule has 0 aromatic carbocycles. The molecular weight excluding hydrogens is 293 g/mol. The van der Waals surface area contributed by atoms with Gasteiger partial charge in [-0.2, -0.15) is 13.2 Å². The second-order valence-electron chi connectivity index (χ2n) is 7.01. The molecule has 2 fully saturated rings. The summed E-state index contributed by atoms with van der Waals surface area (Å²) in [4.78, 5) is 6.10. The number of hydrogen-bond acceptors (Lipinski definition) is 3. The fraction of sp³-hybridized carbons (Fsp3) is 0.688. The topological polar surface area (TPSA) is 25.4 Å². The SMILES string of the molecule is CC1(C)CN(c2ccc(C(F)(F)F)cn2)CC2(CCCC2)O1. The Morgan fingerprint density at radius 3 is 2.36 bits per heavy atom. The van der Waals surface area contributed by atoms with Gasteiger partial charge in [0.05, 0.1) is 16.8 Å². The monoisotopic (exact) mass is 314 g/mol. The van der Waals surface area contributed by atoms with Gasteiger partial charge in [0.2, 0.25) is 0 Å². The molecular formula is C16H21F3N2O. The van der Waals surface area contributed by atoms with Gasteiger partial charge >= 0.3 is 6.18 Å². The summed E-state index contributed by atoms with van der Waals surface area (Å²) >= 11 is 0. The number of morpholine rings is 1. The first-order valence-corrected chi connectivity index (χ1v) is 7.68. The Balaban J connectivity index is 1.84. The first-order chi connectivity index (χ1) is 10.2. The molecule has 1 aliphatic carbocycles. The molecule has 1 saturated heterocycles. The summed E-state index contributed by atoms with van der Waals surface area (Å²) in [6, 6.07) is 2.57. The van der Waals surface area contributed by atoms with E-state index in [0.717, 1.165) is 37.9 Å². The van der Waals surface area contributed by atoms with Crippen molar-refractivity contribution in [2.75, 3.05) is 18.0 Å². The van der Waals surface area contributed by atoms with Gasteiger partial charge in [-0.3, -0.25) is 0 Å². The van der Waals surface area contributed by atoms with Crippen LogP contribution in [0.4, 0.5) is 19.0 Å². The van der Waals surface area contributed by atoms with E-state index in [2.05, 4.69) is 9.88 Å². The van der Waals surface area contributed by atoms with Crippen LogP contribution in [0.3, 0.4) is 0 Å². The fourth-order valence-electron chi connectivity index (χ4n) is 3.70. The quantitative estimate of drug-likeness (QED) is 0.782. The zero-order valence-electron chi connectivity index (χ0n) is 12.9. The molecule has 1 aliphatic heterocycles. The van der Waals surface area contributed by atoms with Crippen molar-refractivity contribution in [2.24, 2.45) is 0 Å². The summed E-state index contributed by atoms with van der Waals surface area (Å²) in [6.45, 7) is 5.40. The Bertz CT molecular complexity index is 533. The van der Waals surface area contributed by atoms with Crippen LogP contribution in [0.2, 0.25) is 0 Å². The van der Waals surface area contributed by atoms with Gasteiger partial charge in [-0.25, -0.2) is 4.98 Å². The predicted octanol–water partition coefficient (Wildman–Crippen LogP) is 4.03. The van der Waals surface area contributed by atoms with E-state index in [-0.39, 0.29) is 11.2 Å². The van der Waals surface area contributed by atoms with Crippen LogP contribution in [0, 0.1) is 0 Å². The Morgan fingerprint density at radius 1 is 1.14 bits per heavy atom. The Kier molecular flexibility index (Phi) is 3.62. The average molecular weight is 314 g/mol. The zero-order chi connectivity index (χ0) is 16.0. The molecule has 122 valence electrons. The first-order valence-electron chi connectivity index (χ1n) is 7.68. The summed E-state index contributed by atoms with van der Waals surface area (Å²) in [5, 5.41) is 0. The number of rotatable bonds is 1. The lowest BCUT2D eigenvalue weighted by atomic mass is 9.94. The summed E-state index contributed by atoms with van der Waals surface area (Å²) in [7, 11) is 0. The van der Waals surface area contributed by atoms with Crippen molar-refractivity contribution >= 4 is 5.82 Å². The lowest BCUT2D eigenvalue weighted by molar-refractivity contribution is -0.148. The highest BCUT2D eigenvalue weighted by molar-refractivity contribution is 5.42. The maximum absolute atomic E-state index is 12.7. The molecule has 1 aromatic heterocycles.